The molecule has 0 unspecified atom stereocenters. The Kier molecular flexibility index (Phi) is 4.57. The molecule has 0 aliphatic heterocycles. The second-order valence-electron chi connectivity index (χ2n) is 6.91. The number of aromatic amines is 1. The fourth-order valence-corrected chi connectivity index (χ4v) is 3.15. The molecule has 5 nitrogen and oxygen atoms in total. The van der Waals surface area contributed by atoms with Gasteiger partial charge in [0.05, 0.1) is 11.1 Å². The number of amides is 1. The summed E-state index contributed by atoms with van der Waals surface area (Å²) in [6.45, 7) is 4.59. The van der Waals surface area contributed by atoms with Gasteiger partial charge in [-0.25, -0.2) is 4.98 Å². The summed E-state index contributed by atoms with van der Waals surface area (Å²) in [6, 6.07) is 19.6. The van der Waals surface area contributed by atoms with Crippen molar-refractivity contribution < 1.29 is 9.53 Å². The maximum Gasteiger partial charge on any atom is 0.250 e. The number of imidazole rings is 1. The zero-order valence-electron chi connectivity index (χ0n) is 15.8. The highest BCUT2D eigenvalue weighted by Gasteiger charge is 2.12. The van der Waals surface area contributed by atoms with Gasteiger partial charge in [-0.1, -0.05) is 42.5 Å². The van der Waals surface area contributed by atoms with Gasteiger partial charge in [-0.3, -0.25) is 4.79 Å². The van der Waals surface area contributed by atoms with Gasteiger partial charge in [-0.15, -0.1) is 0 Å². The van der Waals surface area contributed by atoms with Crippen molar-refractivity contribution in [2.45, 2.75) is 20.5 Å². The fourth-order valence-electron chi connectivity index (χ4n) is 3.15. The van der Waals surface area contributed by atoms with E-state index in [9.17, 15) is 4.79 Å². The van der Waals surface area contributed by atoms with Crippen molar-refractivity contribution in [1.82, 2.24) is 9.97 Å². The van der Waals surface area contributed by atoms with Gasteiger partial charge >= 0.3 is 0 Å². The van der Waals surface area contributed by atoms with E-state index in [0.29, 0.717) is 23.5 Å². The van der Waals surface area contributed by atoms with Crippen LogP contribution in [0.15, 0.2) is 60.7 Å². The van der Waals surface area contributed by atoms with Crippen molar-refractivity contribution in [1.29, 1.82) is 0 Å². The van der Waals surface area contributed by atoms with Crippen molar-refractivity contribution in [2.24, 2.45) is 5.73 Å². The van der Waals surface area contributed by atoms with Crippen LogP contribution in [0, 0.1) is 13.8 Å². The van der Waals surface area contributed by atoms with E-state index in [1.807, 2.05) is 37.3 Å². The Bertz CT molecular complexity index is 1160. The first-order valence-corrected chi connectivity index (χ1v) is 9.09. The number of hydrogen-bond acceptors (Lipinski definition) is 3. The van der Waals surface area contributed by atoms with Gasteiger partial charge in [0.15, 0.2) is 0 Å². The van der Waals surface area contributed by atoms with Crippen LogP contribution < -0.4 is 10.5 Å². The molecule has 3 aromatic carbocycles. The summed E-state index contributed by atoms with van der Waals surface area (Å²) in [5, 5.41) is 0. The molecule has 1 heterocycles. The summed E-state index contributed by atoms with van der Waals surface area (Å²) in [4.78, 5) is 19.4. The minimum atomic E-state index is -0.484. The van der Waals surface area contributed by atoms with Crippen molar-refractivity contribution in [3.63, 3.8) is 0 Å². The predicted molar refractivity (Wildman–Crippen MR) is 110 cm³/mol. The summed E-state index contributed by atoms with van der Waals surface area (Å²) < 4.78 is 5.96. The Hall–Kier alpha value is -3.60. The molecule has 4 rings (SSSR count). The second kappa shape index (κ2) is 7.19. The van der Waals surface area contributed by atoms with Crippen molar-refractivity contribution in [2.75, 3.05) is 0 Å². The number of aromatic nitrogens is 2. The first-order valence-electron chi connectivity index (χ1n) is 9.09. The molecule has 3 N–H and O–H groups in total. The zero-order chi connectivity index (χ0) is 19.7. The number of primary amides is 1. The Labute approximate surface area is 163 Å². The Morgan fingerprint density at radius 3 is 2.61 bits per heavy atom. The lowest BCUT2D eigenvalue weighted by molar-refractivity contribution is 0.100. The van der Waals surface area contributed by atoms with E-state index in [1.54, 1.807) is 12.1 Å². The number of H-pyrrole nitrogens is 1. The largest absolute Gasteiger partial charge is 0.489 e. The molecular weight excluding hydrogens is 350 g/mol. The SMILES string of the molecule is Cc1ccc(C)c(OCc2ccc(-c3nc4c(C(N)=O)cccc4[nH]3)cc2)c1. The summed E-state index contributed by atoms with van der Waals surface area (Å²) in [5.74, 6) is 1.12. The lowest BCUT2D eigenvalue weighted by Crippen LogP contribution is -2.11. The maximum atomic E-state index is 11.6. The smallest absolute Gasteiger partial charge is 0.250 e. The molecule has 28 heavy (non-hydrogen) atoms. The van der Waals surface area contributed by atoms with Gasteiger partial charge in [-0.05, 0) is 48.7 Å². The van der Waals surface area contributed by atoms with E-state index in [0.717, 1.165) is 28.0 Å². The van der Waals surface area contributed by atoms with E-state index in [-0.39, 0.29) is 0 Å². The van der Waals surface area contributed by atoms with E-state index in [4.69, 9.17) is 10.5 Å². The molecule has 1 amide bonds. The van der Waals surface area contributed by atoms with Crippen LogP contribution in [-0.4, -0.2) is 15.9 Å². The lowest BCUT2D eigenvalue weighted by Gasteiger charge is -2.10. The number of ether oxygens (including phenoxy) is 1. The number of carbonyl (C=O) groups is 1. The highest BCUT2D eigenvalue weighted by molar-refractivity contribution is 6.04. The minimum absolute atomic E-state index is 0.415. The maximum absolute atomic E-state index is 11.6. The van der Waals surface area contributed by atoms with Gasteiger partial charge in [0, 0.05) is 5.56 Å². The second-order valence-corrected chi connectivity index (χ2v) is 6.91. The van der Waals surface area contributed by atoms with Crippen LogP contribution in [0.2, 0.25) is 0 Å². The number of para-hydroxylation sites is 1. The number of hydrogen-bond donors (Lipinski definition) is 2. The number of carbonyl (C=O) groups excluding carboxylic acids is 1. The lowest BCUT2D eigenvalue weighted by atomic mass is 10.1. The third-order valence-electron chi connectivity index (χ3n) is 4.74. The van der Waals surface area contributed by atoms with E-state index >= 15 is 0 Å². The Morgan fingerprint density at radius 1 is 1.07 bits per heavy atom. The van der Waals surface area contributed by atoms with Crippen LogP contribution >= 0.6 is 0 Å². The molecule has 0 spiro atoms. The highest BCUT2D eigenvalue weighted by atomic mass is 16.5. The van der Waals surface area contributed by atoms with Crippen LogP contribution in [-0.2, 0) is 6.61 Å². The number of rotatable bonds is 5. The van der Waals surface area contributed by atoms with Gasteiger partial charge in [0.25, 0.3) is 5.91 Å². The number of fused-ring (bicyclic) bond motifs is 1. The number of benzene rings is 3. The summed E-state index contributed by atoms with van der Waals surface area (Å²) in [7, 11) is 0. The highest BCUT2D eigenvalue weighted by Crippen LogP contribution is 2.24. The molecule has 0 fully saturated rings. The van der Waals surface area contributed by atoms with Crippen molar-refractivity contribution >= 4 is 16.9 Å². The quantitative estimate of drug-likeness (QED) is 0.541. The van der Waals surface area contributed by atoms with E-state index in [2.05, 4.69) is 35.1 Å². The van der Waals surface area contributed by atoms with Crippen molar-refractivity contribution in [3.05, 3.63) is 82.9 Å². The van der Waals surface area contributed by atoms with Crippen LogP contribution in [0.25, 0.3) is 22.4 Å². The monoisotopic (exact) mass is 371 g/mol. The van der Waals surface area contributed by atoms with Crippen LogP contribution in [0.1, 0.15) is 27.0 Å². The van der Waals surface area contributed by atoms with Gasteiger partial charge < -0.3 is 15.5 Å². The van der Waals surface area contributed by atoms with Crippen LogP contribution in [0.3, 0.4) is 0 Å². The zero-order valence-corrected chi connectivity index (χ0v) is 15.8. The standard InChI is InChI=1S/C23H21N3O2/c1-14-6-7-15(2)20(12-14)28-13-16-8-10-17(11-9-16)23-25-19-5-3-4-18(22(24)27)21(19)26-23/h3-12H,13H2,1-2H3,(H2,24,27)(H,25,26). The number of nitrogens with zero attached hydrogens (tertiary/aromatic N) is 1. The molecule has 140 valence electrons. The number of nitrogens with two attached hydrogens (primary N) is 1. The van der Waals surface area contributed by atoms with E-state index in [1.165, 1.54) is 5.56 Å². The summed E-state index contributed by atoms with van der Waals surface area (Å²) in [6.07, 6.45) is 0. The van der Waals surface area contributed by atoms with Crippen LogP contribution in [0.4, 0.5) is 0 Å². The molecule has 0 bridgehead atoms. The molecule has 0 radical (unpaired) electrons. The molecule has 0 saturated heterocycles. The fraction of sp³-hybridized carbons (Fsp3) is 0.130. The van der Waals surface area contributed by atoms with Gasteiger partial charge in [-0.2, -0.15) is 0 Å². The topological polar surface area (TPSA) is 81.0 Å². The Morgan fingerprint density at radius 2 is 1.86 bits per heavy atom. The molecular formula is C23H21N3O2. The normalized spacial score (nSPS) is 10.9. The van der Waals surface area contributed by atoms with Gasteiger partial charge in [0.1, 0.15) is 23.7 Å². The van der Waals surface area contributed by atoms with Crippen LogP contribution in [0.5, 0.6) is 5.75 Å². The van der Waals surface area contributed by atoms with Gasteiger partial charge in [0.2, 0.25) is 0 Å². The number of nitrogens with one attached hydrogen (secondary N) is 1. The third kappa shape index (κ3) is 3.47. The molecule has 0 aliphatic rings. The third-order valence-corrected chi connectivity index (χ3v) is 4.74. The average molecular weight is 371 g/mol. The molecule has 4 aromatic rings. The molecule has 5 heteroatoms. The average Bonchev–Trinajstić information content (AvgIpc) is 3.13. The minimum Gasteiger partial charge on any atom is -0.489 e. The Balaban J connectivity index is 1.55. The first kappa shape index (κ1) is 17.8. The summed E-state index contributed by atoms with van der Waals surface area (Å²) >= 11 is 0. The molecule has 0 saturated carbocycles. The van der Waals surface area contributed by atoms with Crippen molar-refractivity contribution in [3.8, 4) is 17.1 Å². The summed E-state index contributed by atoms with van der Waals surface area (Å²) in [5.41, 5.74) is 11.5. The molecule has 0 aliphatic carbocycles. The molecule has 1 aromatic heterocycles. The predicted octanol–water partition coefficient (Wildman–Crippen LogP) is 4.52. The molecule has 0 atom stereocenters. The first-order chi connectivity index (χ1) is 13.5. The number of aryl methyl sites for hydroxylation is 2. The van der Waals surface area contributed by atoms with E-state index < -0.39 is 5.91 Å².